The predicted molar refractivity (Wildman–Crippen MR) is 77.6 cm³/mol. The highest BCUT2D eigenvalue weighted by atomic mass is 16.5. The molecule has 0 spiro atoms. The summed E-state index contributed by atoms with van der Waals surface area (Å²) in [5, 5.41) is 3.16. The Kier molecular flexibility index (Phi) is 6.76. The number of methoxy groups -OCH3 is 1. The summed E-state index contributed by atoms with van der Waals surface area (Å²) >= 11 is 0. The molecule has 2 rings (SSSR count). The fraction of sp³-hybridized carbons (Fsp3) is 0.933. The number of rotatable bonds is 6. The van der Waals surface area contributed by atoms with Gasteiger partial charge < -0.3 is 19.7 Å². The van der Waals surface area contributed by atoms with Crippen LogP contribution in [0.4, 0.5) is 0 Å². The van der Waals surface area contributed by atoms with Crippen LogP contribution in [-0.4, -0.2) is 63.4 Å². The summed E-state index contributed by atoms with van der Waals surface area (Å²) in [5.41, 5.74) is 0. The Balaban J connectivity index is 1.60. The van der Waals surface area contributed by atoms with Crippen LogP contribution in [0.3, 0.4) is 0 Å². The normalized spacial score (nSPS) is 22.9. The van der Waals surface area contributed by atoms with Crippen molar-refractivity contribution in [3.63, 3.8) is 0 Å². The Morgan fingerprint density at radius 1 is 1.25 bits per heavy atom. The molecule has 0 atom stereocenters. The minimum absolute atomic E-state index is 0.229. The summed E-state index contributed by atoms with van der Waals surface area (Å²) in [6.45, 7) is 5.56. The van der Waals surface area contributed by atoms with E-state index in [9.17, 15) is 4.79 Å². The summed E-state index contributed by atoms with van der Waals surface area (Å²) in [5.74, 6) is 0.779. The zero-order chi connectivity index (χ0) is 14.2. The molecular weight excluding hydrogens is 256 g/mol. The number of ether oxygens (including phenoxy) is 2. The number of nitrogens with zero attached hydrogens (tertiary/aromatic N) is 1. The molecule has 1 N–H and O–H groups in total. The van der Waals surface area contributed by atoms with Gasteiger partial charge in [0.1, 0.15) is 0 Å². The van der Waals surface area contributed by atoms with Crippen LogP contribution in [0.2, 0.25) is 0 Å². The Labute approximate surface area is 122 Å². The lowest BCUT2D eigenvalue weighted by Crippen LogP contribution is -2.41. The van der Waals surface area contributed by atoms with Crippen LogP contribution < -0.4 is 5.32 Å². The highest BCUT2D eigenvalue weighted by Crippen LogP contribution is 2.20. The number of carbonyl (C=O) groups is 1. The molecule has 0 aromatic heterocycles. The number of likely N-dealkylation sites (tertiary alicyclic amines) is 1. The number of piperidine rings is 1. The Bertz CT molecular complexity index is 285. The molecule has 2 aliphatic heterocycles. The summed E-state index contributed by atoms with van der Waals surface area (Å²) in [4.78, 5) is 14.5. The number of hydrogen-bond donors (Lipinski definition) is 1. The van der Waals surface area contributed by atoms with Gasteiger partial charge in [0.15, 0.2) is 0 Å². The van der Waals surface area contributed by atoms with Gasteiger partial charge in [0.05, 0.1) is 6.61 Å². The fourth-order valence-electron chi connectivity index (χ4n) is 3.03. The van der Waals surface area contributed by atoms with E-state index in [-0.39, 0.29) is 5.91 Å². The molecule has 0 aromatic carbocycles. The first kappa shape index (κ1) is 15.7. The average Bonchev–Trinajstić information content (AvgIpc) is 2.47. The van der Waals surface area contributed by atoms with Crippen LogP contribution >= 0.6 is 0 Å². The topological polar surface area (TPSA) is 50.8 Å². The maximum absolute atomic E-state index is 12.0. The first-order chi connectivity index (χ1) is 9.78. The Hall–Kier alpha value is -0.650. The highest BCUT2D eigenvalue weighted by Gasteiger charge is 2.23. The second-order valence-electron chi connectivity index (χ2n) is 5.94. The first-order valence-corrected chi connectivity index (χ1v) is 7.86. The number of nitrogens with one attached hydrogen (secondary N) is 1. The van der Waals surface area contributed by atoms with Crippen molar-refractivity contribution in [1.29, 1.82) is 0 Å². The van der Waals surface area contributed by atoms with Crippen molar-refractivity contribution in [1.82, 2.24) is 10.2 Å². The molecule has 0 saturated carbocycles. The largest absolute Gasteiger partial charge is 0.383 e. The van der Waals surface area contributed by atoms with Crippen molar-refractivity contribution in [3.8, 4) is 0 Å². The van der Waals surface area contributed by atoms with E-state index in [1.807, 2.05) is 0 Å². The van der Waals surface area contributed by atoms with E-state index in [0.29, 0.717) is 18.4 Å². The molecular formula is C15H28N2O3. The molecule has 116 valence electrons. The molecule has 5 nitrogen and oxygen atoms in total. The fourth-order valence-corrected chi connectivity index (χ4v) is 3.03. The summed E-state index contributed by atoms with van der Waals surface area (Å²) in [7, 11) is 1.74. The lowest BCUT2D eigenvalue weighted by Gasteiger charge is -2.32. The van der Waals surface area contributed by atoms with Crippen molar-refractivity contribution in [2.75, 3.05) is 46.6 Å². The number of amides is 1. The van der Waals surface area contributed by atoms with Crippen LogP contribution in [0.15, 0.2) is 0 Å². The molecule has 2 aliphatic rings. The molecule has 0 unspecified atom stereocenters. The third kappa shape index (κ3) is 5.38. The van der Waals surface area contributed by atoms with E-state index in [4.69, 9.17) is 9.47 Å². The van der Waals surface area contributed by atoms with Gasteiger partial charge in [0.25, 0.3) is 0 Å². The van der Waals surface area contributed by atoms with E-state index >= 15 is 0 Å². The summed E-state index contributed by atoms with van der Waals surface area (Å²) in [6, 6.07) is 0.332. The second-order valence-corrected chi connectivity index (χ2v) is 5.94. The summed E-state index contributed by atoms with van der Waals surface area (Å²) < 4.78 is 10.4. The maximum atomic E-state index is 12.0. The van der Waals surface area contributed by atoms with E-state index in [0.717, 1.165) is 65.1 Å². The zero-order valence-electron chi connectivity index (χ0n) is 12.6. The lowest BCUT2D eigenvalue weighted by molar-refractivity contribution is -0.123. The van der Waals surface area contributed by atoms with Gasteiger partial charge in [-0.15, -0.1) is 0 Å². The minimum atomic E-state index is 0.229. The summed E-state index contributed by atoms with van der Waals surface area (Å²) in [6.07, 6.45) is 4.87. The van der Waals surface area contributed by atoms with Crippen LogP contribution in [0.5, 0.6) is 0 Å². The molecule has 5 heteroatoms. The average molecular weight is 284 g/mol. The molecule has 2 heterocycles. The maximum Gasteiger partial charge on any atom is 0.220 e. The molecule has 0 bridgehead atoms. The van der Waals surface area contributed by atoms with Crippen molar-refractivity contribution < 1.29 is 14.3 Å². The zero-order valence-corrected chi connectivity index (χ0v) is 12.6. The van der Waals surface area contributed by atoms with Gasteiger partial charge in [-0.05, 0) is 44.7 Å². The van der Waals surface area contributed by atoms with Crippen molar-refractivity contribution in [2.24, 2.45) is 5.92 Å². The molecule has 2 saturated heterocycles. The van der Waals surface area contributed by atoms with Gasteiger partial charge in [-0.3, -0.25) is 4.79 Å². The Morgan fingerprint density at radius 3 is 2.60 bits per heavy atom. The van der Waals surface area contributed by atoms with Gasteiger partial charge in [-0.25, -0.2) is 0 Å². The van der Waals surface area contributed by atoms with Crippen molar-refractivity contribution >= 4 is 5.91 Å². The molecule has 2 fully saturated rings. The number of carbonyl (C=O) groups excluding carboxylic acids is 1. The van der Waals surface area contributed by atoms with Gasteiger partial charge in [0, 0.05) is 39.3 Å². The van der Waals surface area contributed by atoms with Crippen LogP contribution in [0.25, 0.3) is 0 Å². The van der Waals surface area contributed by atoms with Gasteiger partial charge in [-0.2, -0.15) is 0 Å². The van der Waals surface area contributed by atoms with E-state index < -0.39 is 0 Å². The number of hydrogen-bond acceptors (Lipinski definition) is 4. The standard InChI is InChI=1S/C15H28N2O3/c1-19-11-8-17-6-2-13(3-7-17)12-15(18)16-14-4-9-20-10-5-14/h13-14H,2-12H2,1H3,(H,16,18). The van der Waals surface area contributed by atoms with Gasteiger partial charge >= 0.3 is 0 Å². The third-order valence-electron chi connectivity index (χ3n) is 4.38. The third-order valence-corrected chi connectivity index (χ3v) is 4.38. The molecule has 0 aliphatic carbocycles. The van der Waals surface area contributed by atoms with Gasteiger partial charge in [0.2, 0.25) is 5.91 Å². The Morgan fingerprint density at radius 2 is 1.95 bits per heavy atom. The van der Waals surface area contributed by atoms with Crippen molar-refractivity contribution in [2.45, 2.75) is 38.1 Å². The molecule has 0 aromatic rings. The van der Waals surface area contributed by atoms with Crippen LogP contribution in [0.1, 0.15) is 32.1 Å². The van der Waals surface area contributed by atoms with Crippen LogP contribution in [-0.2, 0) is 14.3 Å². The molecule has 0 radical (unpaired) electrons. The van der Waals surface area contributed by atoms with Crippen molar-refractivity contribution in [3.05, 3.63) is 0 Å². The van der Waals surface area contributed by atoms with E-state index in [1.54, 1.807) is 7.11 Å². The smallest absolute Gasteiger partial charge is 0.220 e. The minimum Gasteiger partial charge on any atom is -0.383 e. The van der Waals surface area contributed by atoms with Crippen LogP contribution in [0, 0.1) is 5.92 Å². The van der Waals surface area contributed by atoms with E-state index in [1.165, 1.54) is 0 Å². The first-order valence-electron chi connectivity index (χ1n) is 7.86. The molecule has 1 amide bonds. The SMILES string of the molecule is COCCN1CCC(CC(=O)NC2CCOCC2)CC1. The lowest BCUT2D eigenvalue weighted by atomic mass is 9.93. The molecule has 20 heavy (non-hydrogen) atoms. The monoisotopic (exact) mass is 284 g/mol. The van der Waals surface area contributed by atoms with E-state index in [2.05, 4.69) is 10.2 Å². The second kappa shape index (κ2) is 8.60. The highest BCUT2D eigenvalue weighted by molar-refractivity contribution is 5.76. The van der Waals surface area contributed by atoms with Gasteiger partial charge in [-0.1, -0.05) is 0 Å². The quantitative estimate of drug-likeness (QED) is 0.791. The predicted octanol–water partition coefficient (Wildman–Crippen LogP) is 1.03.